The molecule has 150 valence electrons. The van der Waals surface area contributed by atoms with Crippen molar-refractivity contribution in [3.8, 4) is 17.2 Å². The Kier molecular flexibility index (Phi) is 6.47. The maximum Gasteiger partial charge on any atom is 0.251 e. The lowest BCUT2D eigenvalue weighted by Gasteiger charge is -2.14. The van der Waals surface area contributed by atoms with Crippen molar-refractivity contribution in [3.05, 3.63) is 66.0 Å². The van der Waals surface area contributed by atoms with Gasteiger partial charge in [-0.25, -0.2) is 9.97 Å². The minimum atomic E-state index is -0.212. The molecule has 29 heavy (non-hydrogen) atoms. The fourth-order valence-electron chi connectivity index (χ4n) is 2.75. The molecule has 0 aliphatic rings. The summed E-state index contributed by atoms with van der Waals surface area (Å²) in [4.78, 5) is 20.8. The van der Waals surface area contributed by atoms with Gasteiger partial charge in [-0.1, -0.05) is 6.07 Å². The Morgan fingerprint density at radius 1 is 0.931 bits per heavy atom. The third-order valence-electron chi connectivity index (χ3n) is 4.12. The SMILES string of the molecule is COc1cc(CNC(=O)c2cccc(Nc3ncccn3)c2)cc(OC)c1OC. The van der Waals surface area contributed by atoms with Crippen molar-refractivity contribution in [1.29, 1.82) is 0 Å². The Morgan fingerprint density at radius 2 is 1.62 bits per heavy atom. The van der Waals surface area contributed by atoms with Gasteiger partial charge in [0.05, 0.1) is 21.3 Å². The first-order valence-electron chi connectivity index (χ1n) is 8.85. The van der Waals surface area contributed by atoms with Crippen molar-refractivity contribution in [2.24, 2.45) is 0 Å². The van der Waals surface area contributed by atoms with E-state index in [0.29, 0.717) is 35.3 Å². The molecule has 8 heteroatoms. The molecule has 1 heterocycles. The quantitative estimate of drug-likeness (QED) is 0.606. The first kappa shape index (κ1) is 19.9. The van der Waals surface area contributed by atoms with Crippen LogP contribution in [-0.4, -0.2) is 37.2 Å². The van der Waals surface area contributed by atoms with Crippen molar-refractivity contribution in [2.45, 2.75) is 6.54 Å². The lowest BCUT2D eigenvalue weighted by Crippen LogP contribution is -2.22. The lowest BCUT2D eigenvalue weighted by atomic mass is 10.1. The number of carbonyl (C=O) groups is 1. The van der Waals surface area contributed by atoms with Gasteiger partial charge < -0.3 is 24.8 Å². The summed E-state index contributed by atoms with van der Waals surface area (Å²) in [5, 5.41) is 5.96. The second kappa shape index (κ2) is 9.41. The van der Waals surface area contributed by atoms with Crippen LogP contribution in [0.5, 0.6) is 17.2 Å². The molecule has 0 unspecified atom stereocenters. The summed E-state index contributed by atoms with van der Waals surface area (Å²) in [5.41, 5.74) is 2.05. The van der Waals surface area contributed by atoms with Crippen LogP contribution in [0.15, 0.2) is 54.9 Å². The van der Waals surface area contributed by atoms with Crippen LogP contribution in [0, 0.1) is 0 Å². The topological polar surface area (TPSA) is 94.6 Å². The molecule has 2 aromatic carbocycles. The second-order valence-electron chi connectivity index (χ2n) is 5.99. The number of hydrogen-bond donors (Lipinski definition) is 2. The predicted octanol–water partition coefficient (Wildman–Crippen LogP) is 3.18. The molecular weight excluding hydrogens is 372 g/mol. The number of aromatic nitrogens is 2. The number of anilines is 2. The molecule has 1 aromatic heterocycles. The average molecular weight is 394 g/mol. The molecule has 0 bridgehead atoms. The van der Waals surface area contributed by atoms with Crippen LogP contribution in [0.25, 0.3) is 0 Å². The van der Waals surface area contributed by atoms with Crippen LogP contribution in [0.2, 0.25) is 0 Å². The molecule has 0 atom stereocenters. The van der Waals surface area contributed by atoms with Gasteiger partial charge in [0.15, 0.2) is 11.5 Å². The van der Waals surface area contributed by atoms with Crippen LogP contribution in [0.1, 0.15) is 15.9 Å². The highest BCUT2D eigenvalue weighted by Crippen LogP contribution is 2.38. The Hall–Kier alpha value is -3.81. The van der Waals surface area contributed by atoms with Crippen LogP contribution >= 0.6 is 0 Å². The van der Waals surface area contributed by atoms with E-state index in [0.717, 1.165) is 11.3 Å². The first-order valence-corrected chi connectivity index (χ1v) is 8.85. The van der Waals surface area contributed by atoms with E-state index in [9.17, 15) is 4.79 Å². The molecule has 0 radical (unpaired) electrons. The molecule has 1 amide bonds. The average Bonchev–Trinajstić information content (AvgIpc) is 2.77. The van der Waals surface area contributed by atoms with Gasteiger partial charge in [0, 0.05) is 30.2 Å². The highest BCUT2D eigenvalue weighted by atomic mass is 16.5. The Bertz CT molecular complexity index is 954. The fourth-order valence-corrected chi connectivity index (χ4v) is 2.75. The summed E-state index contributed by atoms with van der Waals surface area (Å²) in [5.74, 6) is 1.82. The highest BCUT2D eigenvalue weighted by molar-refractivity contribution is 5.95. The summed E-state index contributed by atoms with van der Waals surface area (Å²) in [7, 11) is 4.65. The van der Waals surface area contributed by atoms with E-state index >= 15 is 0 Å². The van der Waals surface area contributed by atoms with E-state index < -0.39 is 0 Å². The highest BCUT2D eigenvalue weighted by Gasteiger charge is 2.14. The van der Waals surface area contributed by atoms with Crippen LogP contribution in [0.3, 0.4) is 0 Å². The van der Waals surface area contributed by atoms with Gasteiger partial charge in [0.25, 0.3) is 5.91 Å². The minimum absolute atomic E-state index is 0.212. The molecule has 0 fully saturated rings. The maximum atomic E-state index is 12.6. The van der Waals surface area contributed by atoms with Crippen molar-refractivity contribution >= 4 is 17.5 Å². The summed E-state index contributed by atoms with van der Waals surface area (Å²) in [6.45, 7) is 0.301. The molecule has 0 saturated carbocycles. The number of hydrogen-bond acceptors (Lipinski definition) is 7. The van der Waals surface area contributed by atoms with Gasteiger partial charge in [-0.3, -0.25) is 4.79 Å². The molecule has 8 nitrogen and oxygen atoms in total. The zero-order valence-corrected chi connectivity index (χ0v) is 16.4. The third-order valence-corrected chi connectivity index (χ3v) is 4.12. The monoisotopic (exact) mass is 394 g/mol. The van der Waals surface area contributed by atoms with Crippen LogP contribution in [-0.2, 0) is 6.54 Å². The first-order chi connectivity index (χ1) is 14.1. The van der Waals surface area contributed by atoms with Crippen LogP contribution < -0.4 is 24.8 Å². The van der Waals surface area contributed by atoms with E-state index in [1.54, 1.807) is 70.1 Å². The number of methoxy groups -OCH3 is 3. The molecular formula is C21H22N4O4. The molecule has 0 spiro atoms. The van der Waals surface area contributed by atoms with E-state index in [2.05, 4.69) is 20.6 Å². The fraction of sp³-hybridized carbons (Fsp3) is 0.190. The van der Waals surface area contributed by atoms with Gasteiger partial charge in [-0.05, 0) is 42.0 Å². The minimum Gasteiger partial charge on any atom is -0.493 e. The summed E-state index contributed by atoms with van der Waals surface area (Å²) >= 11 is 0. The predicted molar refractivity (Wildman–Crippen MR) is 109 cm³/mol. The van der Waals surface area contributed by atoms with Gasteiger partial charge in [-0.15, -0.1) is 0 Å². The van der Waals surface area contributed by atoms with Crippen LogP contribution in [0.4, 0.5) is 11.6 Å². The number of amides is 1. The second-order valence-corrected chi connectivity index (χ2v) is 5.99. The van der Waals surface area contributed by atoms with Gasteiger partial charge in [0.1, 0.15) is 0 Å². The molecule has 0 saturated heterocycles. The van der Waals surface area contributed by atoms with Gasteiger partial charge >= 0.3 is 0 Å². The van der Waals surface area contributed by atoms with Crippen molar-refractivity contribution in [3.63, 3.8) is 0 Å². The van der Waals surface area contributed by atoms with Crippen molar-refractivity contribution in [2.75, 3.05) is 26.6 Å². The molecule has 0 aliphatic heterocycles. The summed E-state index contributed by atoms with van der Waals surface area (Å²) < 4.78 is 16.0. The number of nitrogens with zero attached hydrogens (tertiary/aromatic N) is 2. The lowest BCUT2D eigenvalue weighted by molar-refractivity contribution is 0.0951. The van der Waals surface area contributed by atoms with E-state index in [4.69, 9.17) is 14.2 Å². The zero-order chi connectivity index (χ0) is 20.6. The number of nitrogens with one attached hydrogen (secondary N) is 2. The Morgan fingerprint density at radius 3 is 2.24 bits per heavy atom. The standard InChI is InChI=1S/C21H22N4O4/c1-27-17-10-14(11-18(28-2)19(17)29-3)13-24-20(26)15-6-4-7-16(12-15)25-21-22-8-5-9-23-21/h4-12H,13H2,1-3H3,(H,24,26)(H,22,23,25). The molecule has 2 N–H and O–H groups in total. The molecule has 0 aliphatic carbocycles. The van der Waals surface area contributed by atoms with Gasteiger partial charge in [-0.2, -0.15) is 0 Å². The zero-order valence-electron chi connectivity index (χ0n) is 16.4. The van der Waals surface area contributed by atoms with E-state index in [1.807, 2.05) is 6.07 Å². The third kappa shape index (κ3) is 4.92. The van der Waals surface area contributed by atoms with E-state index in [-0.39, 0.29) is 5.91 Å². The molecule has 3 aromatic rings. The molecule has 3 rings (SSSR count). The Balaban J connectivity index is 1.70. The normalized spacial score (nSPS) is 10.2. The van der Waals surface area contributed by atoms with Crippen molar-refractivity contribution in [1.82, 2.24) is 15.3 Å². The maximum absolute atomic E-state index is 12.6. The van der Waals surface area contributed by atoms with Gasteiger partial charge in [0.2, 0.25) is 11.7 Å². The summed E-state index contributed by atoms with van der Waals surface area (Å²) in [6.07, 6.45) is 3.28. The number of carbonyl (C=O) groups excluding carboxylic acids is 1. The number of ether oxygens (including phenoxy) is 3. The smallest absolute Gasteiger partial charge is 0.251 e. The Labute approximate surface area is 168 Å². The largest absolute Gasteiger partial charge is 0.493 e. The summed E-state index contributed by atoms with van der Waals surface area (Å²) in [6, 6.07) is 12.4. The van der Waals surface area contributed by atoms with E-state index in [1.165, 1.54) is 0 Å². The van der Waals surface area contributed by atoms with Crippen molar-refractivity contribution < 1.29 is 19.0 Å². The number of rotatable bonds is 8. The number of benzene rings is 2.